The van der Waals surface area contributed by atoms with Crippen LogP contribution in [0.2, 0.25) is 0 Å². The van der Waals surface area contributed by atoms with Crippen molar-refractivity contribution in [2.75, 3.05) is 27.3 Å². The van der Waals surface area contributed by atoms with Gasteiger partial charge < -0.3 is 4.90 Å². The second kappa shape index (κ2) is 26.3. The van der Waals surface area contributed by atoms with Gasteiger partial charge in [0.2, 0.25) is 6.43 Å². The molecule has 1 fully saturated rings. The predicted octanol–water partition coefficient (Wildman–Crippen LogP) is 10.1. The third kappa shape index (κ3) is 20.1. The summed E-state index contributed by atoms with van der Waals surface area (Å²) in [6.07, 6.45) is 16.2. The maximum Gasteiger partial charge on any atom is 0.239 e. The molecule has 3 atom stereocenters. The van der Waals surface area contributed by atoms with Gasteiger partial charge in [0.05, 0.1) is 7.18 Å². The van der Waals surface area contributed by atoms with Crippen molar-refractivity contribution in [3.8, 4) is 0 Å². The minimum Gasteiger partial charge on any atom is -0.306 e. The van der Waals surface area contributed by atoms with E-state index in [1.807, 2.05) is 58.9 Å². The minimum absolute atomic E-state index is 0.000648. The van der Waals surface area contributed by atoms with Gasteiger partial charge in [-0.15, -0.1) is 0 Å². The molecule has 0 radical (unpaired) electrons. The van der Waals surface area contributed by atoms with Gasteiger partial charge in [-0.2, -0.15) is 0 Å². The fraction of sp³-hybridized carbons (Fsp3) is 0.733. The number of alkyl halides is 3. The van der Waals surface area contributed by atoms with Gasteiger partial charge in [-0.1, -0.05) is 96.1 Å². The van der Waals surface area contributed by atoms with Gasteiger partial charge in [0.15, 0.2) is 0 Å². The van der Waals surface area contributed by atoms with Crippen LogP contribution in [0, 0.1) is 17.8 Å². The van der Waals surface area contributed by atoms with Crippen LogP contribution in [0.4, 0.5) is 13.2 Å². The van der Waals surface area contributed by atoms with Crippen LogP contribution in [0.3, 0.4) is 0 Å². The van der Waals surface area contributed by atoms with E-state index in [1.54, 1.807) is 11.1 Å². The van der Waals surface area contributed by atoms with Gasteiger partial charge >= 0.3 is 0 Å². The van der Waals surface area contributed by atoms with Crippen LogP contribution in [0.1, 0.15) is 93.9 Å². The van der Waals surface area contributed by atoms with Crippen LogP contribution in [0.15, 0.2) is 47.6 Å². The molecule has 4 heteroatoms. The van der Waals surface area contributed by atoms with Crippen LogP contribution >= 0.6 is 0 Å². The highest BCUT2D eigenvalue weighted by Crippen LogP contribution is 2.44. The number of fused-ring (bicyclic) bond motifs is 1. The second-order valence-electron chi connectivity index (χ2n) is 8.37. The van der Waals surface area contributed by atoms with E-state index < -0.39 is 6.43 Å². The van der Waals surface area contributed by atoms with Gasteiger partial charge in [-0.05, 0) is 71.0 Å². The Hall–Kier alpha value is -1.29. The standard InChI is InChI=1S/C10H14F2.C8H10.C7H17N.2C2H6.CH3F/c1-8-5-3-2-4-6-9(8)7-10(11)12;1-6-3-2-4-7-5-8(6)7;1-4-6-8(3)7-5-2;3*1-2/h2-4,6,8-10H,5,7H2,1H3;2,4,7H,3,5H2,1H3;4-7H2,1-3H3;2*1-2H3;1H3. The lowest BCUT2D eigenvalue weighted by molar-refractivity contribution is 0.112. The van der Waals surface area contributed by atoms with E-state index in [9.17, 15) is 13.2 Å². The zero-order valence-corrected chi connectivity index (χ0v) is 24.0. The average molecular weight is 488 g/mol. The molecule has 1 saturated carbocycles. The van der Waals surface area contributed by atoms with Crippen LogP contribution in [-0.2, 0) is 0 Å². The maximum atomic E-state index is 12.1. The molecule has 3 rings (SSSR count). The van der Waals surface area contributed by atoms with Crippen molar-refractivity contribution in [1.82, 2.24) is 4.90 Å². The first-order valence-corrected chi connectivity index (χ1v) is 13.4. The summed E-state index contributed by atoms with van der Waals surface area (Å²) in [5.74, 6) is 1.26. The molecule has 1 nitrogen and oxygen atoms in total. The van der Waals surface area contributed by atoms with Crippen molar-refractivity contribution in [3.63, 3.8) is 0 Å². The monoisotopic (exact) mass is 487 g/mol. The normalized spacial score (nSPS) is 21.1. The van der Waals surface area contributed by atoms with Gasteiger partial charge in [-0.25, -0.2) is 8.78 Å². The van der Waals surface area contributed by atoms with Gasteiger partial charge in [0, 0.05) is 12.3 Å². The lowest BCUT2D eigenvalue weighted by atomic mass is 9.89. The number of hydrogen-bond acceptors (Lipinski definition) is 1. The number of nitrogens with zero attached hydrogens (tertiary/aromatic N) is 1. The summed E-state index contributed by atoms with van der Waals surface area (Å²) < 4.78 is 33.6. The molecule has 3 unspecified atom stereocenters. The van der Waals surface area contributed by atoms with Crippen molar-refractivity contribution < 1.29 is 13.2 Å². The van der Waals surface area contributed by atoms with E-state index in [1.165, 1.54) is 38.8 Å². The number of halogens is 3. The quantitative estimate of drug-likeness (QED) is 0.337. The van der Waals surface area contributed by atoms with E-state index in [0.29, 0.717) is 13.1 Å². The number of rotatable bonds is 6. The highest BCUT2D eigenvalue weighted by atomic mass is 19.3. The summed E-state index contributed by atoms with van der Waals surface area (Å²) in [6.45, 7) is 19.2. The molecule has 0 bridgehead atoms. The summed E-state index contributed by atoms with van der Waals surface area (Å²) >= 11 is 0. The Kier molecular flexibility index (Phi) is 28.8. The lowest BCUT2D eigenvalue weighted by Crippen LogP contribution is -2.19. The van der Waals surface area contributed by atoms with Gasteiger partial charge in [0.25, 0.3) is 0 Å². The first-order valence-electron chi connectivity index (χ1n) is 13.4. The summed E-state index contributed by atoms with van der Waals surface area (Å²) in [5.41, 5.74) is 3.34. The molecular weight excluding hydrogens is 431 g/mol. The third-order valence-electron chi connectivity index (χ3n) is 5.57. The molecule has 0 aromatic carbocycles. The second-order valence-corrected chi connectivity index (χ2v) is 8.37. The summed E-state index contributed by atoms with van der Waals surface area (Å²) in [6, 6.07) is 0. The first-order chi connectivity index (χ1) is 16.4. The van der Waals surface area contributed by atoms with Gasteiger partial charge in [0.1, 0.15) is 0 Å². The summed E-state index contributed by atoms with van der Waals surface area (Å²) in [5, 5.41) is 0. The van der Waals surface area contributed by atoms with E-state index >= 15 is 0 Å². The van der Waals surface area contributed by atoms with E-state index in [0.717, 1.165) is 12.3 Å². The molecule has 0 aromatic rings. The Morgan fingerprint density at radius 2 is 1.50 bits per heavy atom. The molecule has 0 N–H and O–H groups in total. The van der Waals surface area contributed by atoms with E-state index in [-0.39, 0.29) is 12.3 Å². The Morgan fingerprint density at radius 3 is 1.94 bits per heavy atom. The molecule has 3 aliphatic carbocycles. The Balaban J connectivity index is -0.000000389. The topological polar surface area (TPSA) is 3.24 Å². The smallest absolute Gasteiger partial charge is 0.239 e. The van der Waals surface area contributed by atoms with E-state index in [4.69, 9.17) is 0 Å². The largest absolute Gasteiger partial charge is 0.306 e. The van der Waals surface area contributed by atoms with Crippen LogP contribution in [0.5, 0.6) is 0 Å². The Bertz CT molecular complexity index is 543. The molecule has 0 saturated heterocycles. The molecular formula is C30H56F3N. The molecule has 0 spiro atoms. The minimum atomic E-state index is -2.18. The van der Waals surface area contributed by atoms with Crippen molar-refractivity contribution in [1.29, 1.82) is 0 Å². The van der Waals surface area contributed by atoms with Crippen molar-refractivity contribution in [2.45, 2.75) is 100 Å². The lowest BCUT2D eigenvalue weighted by Gasteiger charge is -2.17. The fourth-order valence-corrected chi connectivity index (χ4v) is 3.73. The summed E-state index contributed by atoms with van der Waals surface area (Å²) in [7, 11) is 2.67. The number of hydrogen-bond donors (Lipinski definition) is 0. The van der Waals surface area contributed by atoms with E-state index in [2.05, 4.69) is 44.9 Å². The molecule has 34 heavy (non-hydrogen) atoms. The zero-order chi connectivity index (χ0) is 26.9. The van der Waals surface area contributed by atoms with Crippen LogP contribution < -0.4 is 0 Å². The molecule has 202 valence electrons. The van der Waals surface area contributed by atoms with Gasteiger partial charge in [-0.3, -0.25) is 4.39 Å². The fourth-order valence-electron chi connectivity index (χ4n) is 3.73. The predicted molar refractivity (Wildman–Crippen MR) is 149 cm³/mol. The van der Waals surface area contributed by atoms with Crippen LogP contribution in [0.25, 0.3) is 0 Å². The Labute approximate surface area is 211 Å². The third-order valence-corrected chi connectivity index (χ3v) is 5.57. The highest BCUT2D eigenvalue weighted by molar-refractivity contribution is 5.38. The average Bonchev–Trinajstić information content (AvgIpc) is 3.66. The van der Waals surface area contributed by atoms with Crippen molar-refractivity contribution in [3.05, 3.63) is 47.6 Å². The zero-order valence-electron chi connectivity index (χ0n) is 24.0. The van der Waals surface area contributed by atoms with Crippen molar-refractivity contribution in [2.24, 2.45) is 17.8 Å². The molecule has 0 heterocycles. The molecule has 3 aliphatic rings. The number of allylic oxidation sites excluding steroid dienone is 8. The summed E-state index contributed by atoms with van der Waals surface area (Å²) in [4.78, 5) is 2.36. The molecule has 0 aliphatic heterocycles. The molecule has 0 aromatic heterocycles. The highest BCUT2D eigenvalue weighted by Gasteiger charge is 2.30. The molecule has 0 amide bonds. The van der Waals surface area contributed by atoms with Crippen molar-refractivity contribution >= 4 is 0 Å². The van der Waals surface area contributed by atoms with Crippen LogP contribution in [-0.4, -0.2) is 38.6 Å². The maximum absolute atomic E-state index is 12.1. The Morgan fingerprint density at radius 1 is 0.941 bits per heavy atom. The first kappa shape index (κ1) is 37.3. The SMILES string of the molecule is CC.CC.CC1=C2CC2C=CC1.CC1CC=CC=CC1CC(F)F.CCCN(C)CCC.CF.